The fourth-order valence-corrected chi connectivity index (χ4v) is 5.89. The third-order valence-corrected chi connectivity index (χ3v) is 7.26. The lowest BCUT2D eigenvalue weighted by molar-refractivity contribution is -0.123. The van der Waals surface area contributed by atoms with Gasteiger partial charge >= 0.3 is 0 Å². The van der Waals surface area contributed by atoms with E-state index in [1.807, 2.05) is 49.4 Å². The molecule has 0 N–H and O–H groups in total. The fraction of sp³-hybridized carbons (Fsp3) is 0.200. The summed E-state index contributed by atoms with van der Waals surface area (Å²) in [4.78, 5) is 29.7. The van der Waals surface area contributed by atoms with Gasteiger partial charge in [-0.1, -0.05) is 48.0 Å². The molecule has 31 heavy (non-hydrogen) atoms. The van der Waals surface area contributed by atoms with Gasteiger partial charge in [0.2, 0.25) is 0 Å². The Morgan fingerprint density at radius 3 is 2.65 bits per heavy atom. The molecule has 6 heteroatoms. The van der Waals surface area contributed by atoms with Crippen LogP contribution in [0.2, 0.25) is 0 Å². The number of carbonyl (C=O) groups is 2. The van der Waals surface area contributed by atoms with E-state index in [9.17, 15) is 14.0 Å². The molecule has 0 bridgehead atoms. The molecule has 1 spiro atoms. The van der Waals surface area contributed by atoms with Gasteiger partial charge in [-0.05, 0) is 42.8 Å². The van der Waals surface area contributed by atoms with Crippen molar-refractivity contribution in [3.63, 3.8) is 0 Å². The Morgan fingerprint density at radius 1 is 1.06 bits per heavy atom. The second-order valence-electron chi connectivity index (χ2n) is 7.86. The highest BCUT2D eigenvalue weighted by Crippen LogP contribution is 2.55. The zero-order valence-corrected chi connectivity index (χ0v) is 17.9. The van der Waals surface area contributed by atoms with Gasteiger partial charge in [0.15, 0.2) is 4.87 Å². The van der Waals surface area contributed by atoms with Gasteiger partial charge in [0, 0.05) is 23.4 Å². The van der Waals surface area contributed by atoms with E-state index in [-0.39, 0.29) is 24.2 Å². The highest BCUT2D eigenvalue weighted by Gasteiger charge is 2.59. The second kappa shape index (κ2) is 7.54. The van der Waals surface area contributed by atoms with Gasteiger partial charge < -0.3 is 9.80 Å². The summed E-state index contributed by atoms with van der Waals surface area (Å²) in [6, 6.07) is 21.3. The average molecular weight is 433 g/mol. The summed E-state index contributed by atoms with van der Waals surface area (Å²) >= 11 is 1.50. The minimum atomic E-state index is -1.10. The number of aryl methyl sites for hydroxylation is 1. The van der Waals surface area contributed by atoms with Crippen LogP contribution in [0.3, 0.4) is 0 Å². The largest absolute Gasteiger partial charge is 0.311 e. The van der Waals surface area contributed by atoms with Crippen LogP contribution >= 0.6 is 11.8 Å². The minimum Gasteiger partial charge on any atom is -0.311 e. The molecule has 156 valence electrons. The van der Waals surface area contributed by atoms with Crippen LogP contribution in [0, 0.1) is 12.7 Å². The first-order valence-electron chi connectivity index (χ1n) is 10.2. The van der Waals surface area contributed by atoms with Crippen molar-refractivity contribution in [2.45, 2.75) is 18.3 Å². The number of carbonyl (C=O) groups excluding carboxylic acids is 2. The smallest absolute Gasteiger partial charge is 0.268 e. The summed E-state index contributed by atoms with van der Waals surface area (Å²) in [6.45, 7) is 2.73. The highest BCUT2D eigenvalue weighted by atomic mass is 32.2. The Balaban J connectivity index is 1.61. The van der Waals surface area contributed by atoms with Crippen molar-refractivity contribution >= 4 is 29.3 Å². The first kappa shape index (κ1) is 19.8. The molecule has 3 aromatic carbocycles. The monoisotopic (exact) mass is 432 g/mol. The Hall–Kier alpha value is -3.12. The Bertz CT molecular complexity index is 1180. The lowest BCUT2D eigenvalue weighted by Gasteiger charge is -2.33. The minimum absolute atomic E-state index is 0.149. The lowest BCUT2D eigenvalue weighted by atomic mass is 10.0. The van der Waals surface area contributed by atoms with Gasteiger partial charge in [-0.15, -0.1) is 11.8 Å². The second-order valence-corrected chi connectivity index (χ2v) is 9.14. The number of benzene rings is 3. The Labute approximate surface area is 184 Å². The number of rotatable bonds is 3. The van der Waals surface area contributed by atoms with Crippen LogP contribution in [0.25, 0.3) is 0 Å². The lowest BCUT2D eigenvalue weighted by Crippen LogP contribution is -2.50. The molecule has 0 aliphatic carbocycles. The molecule has 5 rings (SSSR count). The van der Waals surface area contributed by atoms with Crippen LogP contribution in [0.5, 0.6) is 0 Å². The summed E-state index contributed by atoms with van der Waals surface area (Å²) in [5.74, 6) is 0.0353. The normalized spacial score (nSPS) is 19.9. The number of halogens is 1. The van der Waals surface area contributed by atoms with Crippen molar-refractivity contribution in [3.8, 4) is 0 Å². The molecule has 4 nitrogen and oxygen atoms in total. The molecular formula is C25H21FN2O2S. The van der Waals surface area contributed by atoms with E-state index in [4.69, 9.17) is 0 Å². The number of anilines is 1. The zero-order valence-electron chi connectivity index (χ0n) is 17.0. The van der Waals surface area contributed by atoms with Gasteiger partial charge in [0.05, 0.1) is 12.2 Å². The maximum absolute atomic E-state index is 14.0. The van der Waals surface area contributed by atoms with Gasteiger partial charge in [-0.2, -0.15) is 0 Å². The number of amides is 2. The summed E-state index contributed by atoms with van der Waals surface area (Å²) in [6.07, 6.45) is 0. The summed E-state index contributed by atoms with van der Waals surface area (Å²) < 4.78 is 13.8. The molecule has 0 aromatic heterocycles. The average Bonchev–Trinajstić information content (AvgIpc) is 3.31. The van der Waals surface area contributed by atoms with Crippen LogP contribution in [0.1, 0.15) is 27.0 Å². The van der Waals surface area contributed by atoms with E-state index >= 15 is 0 Å². The topological polar surface area (TPSA) is 40.6 Å². The Kier molecular flexibility index (Phi) is 4.82. The van der Waals surface area contributed by atoms with Crippen LogP contribution in [0.15, 0.2) is 72.8 Å². The van der Waals surface area contributed by atoms with E-state index in [0.29, 0.717) is 23.4 Å². The third kappa shape index (κ3) is 3.13. The summed E-state index contributed by atoms with van der Waals surface area (Å²) in [5, 5.41) is 0. The predicted octanol–water partition coefficient (Wildman–Crippen LogP) is 4.72. The van der Waals surface area contributed by atoms with Gasteiger partial charge in [0.1, 0.15) is 5.82 Å². The van der Waals surface area contributed by atoms with Gasteiger partial charge in [-0.25, -0.2) is 4.39 Å². The SMILES string of the molecule is Cc1ccc2c(c1)[C@]1(SCCN1C(=O)c1ccccc1)C(=O)N2Cc1cccc(F)c1. The van der Waals surface area contributed by atoms with Crippen molar-refractivity contribution < 1.29 is 14.0 Å². The number of thioether (sulfide) groups is 1. The van der Waals surface area contributed by atoms with E-state index < -0.39 is 4.87 Å². The van der Waals surface area contributed by atoms with E-state index in [1.54, 1.807) is 28.0 Å². The van der Waals surface area contributed by atoms with Crippen LogP contribution < -0.4 is 4.90 Å². The van der Waals surface area contributed by atoms with Gasteiger partial charge in [-0.3, -0.25) is 9.59 Å². The maximum Gasteiger partial charge on any atom is 0.268 e. The maximum atomic E-state index is 14.0. The summed E-state index contributed by atoms with van der Waals surface area (Å²) in [7, 11) is 0. The molecule has 2 amide bonds. The molecule has 1 saturated heterocycles. The van der Waals surface area contributed by atoms with Crippen molar-refractivity contribution in [3.05, 3.63) is 101 Å². The van der Waals surface area contributed by atoms with Crippen LogP contribution in [-0.2, 0) is 16.2 Å². The van der Waals surface area contributed by atoms with Crippen LogP contribution in [-0.4, -0.2) is 29.0 Å². The highest BCUT2D eigenvalue weighted by molar-refractivity contribution is 8.01. The molecule has 0 radical (unpaired) electrons. The van der Waals surface area contributed by atoms with Crippen molar-refractivity contribution in [2.75, 3.05) is 17.2 Å². The van der Waals surface area contributed by atoms with Crippen molar-refractivity contribution in [2.24, 2.45) is 0 Å². The summed E-state index contributed by atoms with van der Waals surface area (Å²) in [5.41, 5.74) is 3.91. The molecule has 3 aromatic rings. The molecule has 2 aliphatic rings. The van der Waals surface area contributed by atoms with E-state index in [2.05, 4.69) is 0 Å². The van der Waals surface area contributed by atoms with Crippen molar-refractivity contribution in [1.29, 1.82) is 0 Å². The molecule has 1 fully saturated rings. The van der Waals surface area contributed by atoms with Crippen molar-refractivity contribution in [1.82, 2.24) is 4.90 Å². The number of fused-ring (bicyclic) bond motifs is 2. The zero-order chi connectivity index (χ0) is 21.6. The van der Waals surface area contributed by atoms with E-state index in [0.717, 1.165) is 16.8 Å². The first-order chi connectivity index (χ1) is 15.0. The molecule has 2 aliphatic heterocycles. The van der Waals surface area contributed by atoms with E-state index in [1.165, 1.54) is 23.9 Å². The van der Waals surface area contributed by atoms with Gasteiger partial charge in [0.25, 0.3) is 11.8 Å². The molecule has 0 unspecified atom stereocenters. The standard InChI is InChI=1S/C25H21FN2O2S/c1-17-10-11-22-21(14-17)25(24(30)27(22)16-18-6-5-9-20(26)15-18)28(12-13-31-25)23(29)19-7-3-2-4-8-19/h2-11,14-15H,12-13,16H2,1H3/t25-/m0/s1. The molecule has 2 heterocycles. The van der Waals surface area contributed by atoms with Crippen LogP contribution in [0.4, 0.5) is 10.1 Å². The predicted molar refractivity (Wildman–Crippen MR) is 120 cm³/mol. The fourth-order valence-electron chi connectivity index (χ4n) is 4.44. The number of nitrogens with zero attached hydrogens (tertiary/aromatic N) is 2. The molecular weight excluding hydrogens is 411 g/mol. The number of hydrogen-bond acceptors (Lipinski definition) is 3. The molecule has 1 atom stereocenters. The first-order valence-corrected chi connectivity index (χ1v) is 11.2. The number of hydrogen-bond donors (Lipinski definition) is 0. The third-order valence-electron chi connectivity index (χ3n) is 5.84. The molecule has 0 saturated carbocycles. The Morgan fingerprint density at radius 2 is 1.87 bits per heavy atom. The quantitative estimate of drug-likeness (QED) is 0.601.